The summed E-state index contributed by atoms with van der Waals surface area (Å²) in [7, 11) is 0. The summed E-state index contributed by atoms with van der Waals surface area (Å²) in [6, 6.07) is -0.548. The Balaban J connectivity index is 2.73. The van der Waals surface area contributed by atoms with Crippen LogP contribution in [0.5, 0.6) is 0 Å². The third-order valence-electron chi connectivity index (χ3n) is 3.40. The fourth-order valence-corrected chi connectivity index (χ4v) is 2.55. The van der Waals surface area contributed by atoms with E-state index in [0.29, 0.717) is 12.8 Å². The van der Waals surface area contributed by atoms with Gasteiger partial charge in [-0.15, -0.1) is 0 Å². The lowest BCUT2D eigenvalue weighted by Gasteiger charge is -2.37. The third kappa shape index (κ3) is 4.84. The molecule has 0 heterocycles. The predicted molar refractivity (Wildman–Crippen MR) is 60.8 cm³/mol. The molecular formula is C12H22F3NO. The number of alkyl halides is 3. The van der Waals surface area contributed by atoms with E-state index in [1.54, 1.807) is 13.8 Å². The predicted octanol–water partition coefficient (Wildman–Crippen LogP) is 2.95. The molecule has 2 unspecified atom stereocenters. The fourth-order valence-electron chi connectivity index (χ4n) is 2.55. The maximum atomic E-state index is 12.5. The molecule has 1 fully saturated rings. The van der Waals surface area contributed by atoms with Crippen molar-refractivity contribution in [1.82, 2.24) is 4.90 Å². The van der Waals surface area contributed by atoms with Gasteiger partial charge in [0, 0.05) is 12.1 Å². The average molecular weight is 253 g/mol. The van der Waals surface area contributed by atoms with Gasteiger partial charge in [0.05, 0.1) is 12.6 Å². The van der Waals surface area contributed by atoms with Crippen molar-refractivity contribution in [2.24, 2.45) is 0 Å². The van der Waals surface area contributed by atoms with E-state index < -0.39 is 18.8 Å². The minimum atomic E-state index is -4.20. The van der Waals surface area contributed by atoms with Crippen molar-refractivity contribution in [1.29, 1.82) is 0 Å². The van der Waals surface area contributed by atoms with Gasteiger partial charge in [-0.3, -0.25) is 4.90 Å². The normalized spacial score (nSPS) is 27.5. The van der Waals surface area contributed by atoms with Crippen molar-refractivity contribution < 1.29 is 18.3 Å². The van der Waals surface area contributed by atoms with Crippen molar-refractivity contribution in [2.75, 3.05) is 6.54 Å². The largest absolute Gasteiger partial charge is 0.401 e. The van der Waals surface area contributed by atoms with Crippen LogP contribution in [0.4, 0.5) is 13.2 Å². The Morgan fingerprint density at radius 3 is 2.29 bits per heavy atom. The Bertz CT molecular complexity index is 230. The van der Waals surface area contributed by atoms with Gasteiger partial charge < -0.3 is 5.11 Å². The molecule has 2 nitrogen and oxygen atoms in total. The molecule has 0 aliphatic heterocycles. The van der Waals surface area contributed by atoms with Gasteiger partial charge in [-0.1, -0.05) is 19.3 Å². The molecule has 0 aromatic rings. The highest BCUT2D eigenvalue weighted by molar-refractivity contribution is 4.84. The summed E-state index contributed by atoms with van der Waals surface area (Å²) in [5.41, 5.74) is 0. The molecule has 0 radical (unpaired) electrons. The van der Waals surface area contributed by atoms with E-state index in [1.807, 2.05) is 0 Å². The zero-order chi connectivity index (χ0) is 13.1. The second kappa shape index (κ2) is 6.05. The molecule has 0 aromatic carbocycles. The summed E-state index contributed by atoms with van der Waals surface area (Å²) in [5, 5.41) is 9.96. The first kappa shape index (κ1) is 14.8. The van der Waals surface area contributed by atoms with E-state index in [-0.39, 0.29) is 12.1 Å². The summed E-state index contributed by atoms with van der Waals surface area (Å²) in [5.74, 6) is 0. The Labute approximate surface area is 101 Å². The van der Waals surface area contributed by atoms with Crippen LogP contribution in [0.25, 0.3) is 0 Å². The molecule has 1 rings (SSSR count). The highest BCUT2D eigenvalue weighted by atomic mass is 19.4. The first-order valence-corrected chi connectivity index (χ1v) is 6.32. The van der Waals surface area contributed by atoms with Crippen molar-refractivity contribution in [2.45, 2.75) is 70.3 Å². The highest BCUT2D eigenvalue weighted by Gasteiger charge is 2.37. The zero-order valence-electron chi connectivity index (χ0n) is 10.5. The molecule has 102 valence electrons. The maximum absolute atomic E-state index is 12.5. The number of hydrogen-bond donors (Lipinski definition) is 1. The van der Waals surface area contributed by atoms with E-state index >= 15 is 0 Å². The van der Waals surface area contributed by atoms with Crippen LogP contribution in [0.3, 0.4) is 0 Å². The maximum Gasteiger partial charge on any atom is 0.401 e. The molecule has 5 heteroatoms. The summed E-state index contributed by atoms with van der Waals surface area (Å²) in [6.07, 6.45) is -0.719. The van der Waals surface area contributed by atoms with Gasteiger partial charge in [-0.25, -0.2) is 0 Å². The lowest BCUT2D eigenvalue weighted by Crippen LogP contribution is -2.50. The molecule has 1 saturated carbocycles. The standard InChI is InChI=1S/C12H22F3NO/c1-9(2)16(8-12(13,14)15)10-6-4-3-5-7-11(10)17/h9-11,17H,3-8H2,1-2H3. The average Bonchev–Trinajstić information content (AvgIpc) is 2.38. The molecule has 17 heavy (non-hydrogen) atoms. The Morgan fingerprint density at radius 1 is 1.18 bits per heavy atom. The molecule has 0 saturated heterocycles. The second-order valence-electron chi connectivity index (χ2n) is 5.15. The third-order valence-corrected chi connectivity index (χ3v) is 3.40. The fraction of sp³-hybridized carbons (Fsp3) is 1.00. The quantitative estimate of drug-likeness (QED) is 0.782. The van der Waals surface area contributed by atoms with E-state index in [2.05, 4.69) is 0 Å². The van der Waals surface area contributed by atoms with Crippen LogP contribution < -0.4 is 0 Å². The van der Waals surface area contributed by atoms with Gasteiger partial charge in [0.1, 0.15) is 0 Å². The van der Waals surface area contributed by atoms with Crippen molar-refractivity contribution in [3.63, 3.8) is 0 Å². The van der Waals surface area contributed by atoms with E-state index in [0.717, 1.165) is 19.3 Å². The highest BCUT2D eigenvalue weighted by Crippen LogP contribution is 2.27. The van der Waals surface area contributed by atoms with Gasteiger partial charge >= 0.3 is 6.18 Å². The number of halogens is 3. The van der Waals surface area contributed by atoms with Gasteiger partial charge in [-0.2, -0.15) is 13.2 Å². The number of aliphatic hydroxyl groups excluding tert-OH is 1. The van der Waals surface area contributed by atoms with Gasteiger partial charge in [0.15, 0.2) is 0 Å². The molecule has 1 aliphatic carbocycles. The van der Waals surface area contributed by atoms with Crippen molar-refractivity contribution >= 4 is 0 Å². The van der Waals surface area contributed by atoms with Gasteiger partial charge in [0.25, 0.3) is 0 Å². The van der Waals surface area contributed by atoms with E-state index in [4.69, 9.17) is 0 Å². The summed E-state index contributed by atoms with van der Waals surface area (Å²) in [6.45, 7) is 2.58. The van der Waals surface area contributed by atoms with Gasteiger partial charge in [-0.05, 0) is 26.7 Å². The molecule has 1 aliphatic rings. The van der Waals surface area contributed by atoms with Crippen LogP contribution in [0.2, 0.25) is 0 Å². The lowest BCUT2D eigenvalue weighted by molar-refractivity contribution is -0.161. The lowest BCUT2D eigenvalue weighted by atomic mass is 10.0. The van der Waals surface area contributed by atoms with E-state index in [1.165, 1.54) is 4.90 Å². The SMILES string of the molecule is CC(C)N(CC(F)(F)F)C1CCCCCC1O. The van der Waals surface area contributed by atoms with Crippen LogP contribution in [0.15, 0.2) is 0 Å². The number of hydrogen-bond acceptors (Lipinski definition) is 2. The Hall–Kier alpha value is -0.290. The second-order valence-corrected chi connectivity index (χ2v) is 5.15. The van der Waals surface area contributed by atoms with Crippen LogP contribution in [0.1, 0.15) is 46.0 Å². The molecule has 2 atom stereocenters. The number of nitrogens with zero attached hydrogens (tertiary/aromatic N) is 1. The Kier molecular flexibility index (Phi) is 5.25. The number of rotatable bonds is 3. The molecule has 0 bridgehead atoms. The van der Waals surface area contributed by atoms with Crippen molar-refractivity contribution in [3.05, 3.63) is 0 Å². The topological polar surface area (TPSA) is 23.5 Å². The first-order chi connectivity index (χ1) is 7.81. The smallest absolute Gasteiger partial charge is 0.391 e. The monoisotopic (exact) mass is 253 g/mol. The molecule has 0 spiro atoms. The minimum Gasteiger partial charge on any atom is -0.391 e. The molecule has 1 N–H and O–H groups in total. The summed E-state index contributed by atoms with van der Waals surface area (Å²) < 4.78 is 37.6. The molecule has 0 aromatic heterocycles. The first-order valence-electron chi connectivity index (χ1n) is 6.32. The zero-order valence-corrected chi connectivity index (χ0v) is 10.5. The van der Waals surface area contributed by atoms with Crippen LogP contribution in [0, 0.1) is 0 Å². The minimum absolute atomic E-state index is 0.200. The van der Waals surface area contributed by atoms with Crippen molar-refractivity contribution in [3.8, 4) is 0 Å². The Morgan fingerprint density at radius 2 is 1.76 bits per heavy atom. The molecule has 0 amide bonds. The number of aliphatic hydroxyl groups is 1. The molecular weight excluding hydrogens is 231 g/mol. The van der Waals surface area contributed by atoms with E-state index in [9.17, 15) is 18.3 Å². The summed E-state index contributed by atoms with van der Waals surface area (Å²) in [4.78, 5) is 1.40. The van der Waals surface area contributed by atoms with Crippen LogP contribution in [-0.4, -0.2) is 40.9 Å². The summed E-state index contributed by atoms with van der Waals surface area (Å²) >= 11 is 0. The van der Waals surface area contributed by atoms with Gasteiger partial charge in [0.2, 0.25) is 0 Å². The van der Waals surface area contributed by atoms with Crippen LogP contribution in [-0.2, 0) is 0 Å². The van der Waals surface area contributed by atoms with Crippen LogP contribution >= 0.6 is 0 Å².